The second kappa shape index (κ2) is 4.21. The van der Waals surface area contributed by atoms with E-state index >= 15 is 0 Å². The van der Waals surface area contributed by atoms with Crippen molar-refractivity contribution in [1.29, 1.82) is 0 Å². The van der Waals surface area contributed by atoms with Crippen LogP contribution in [0.5, 0.6) is 0 Å². The summed E-state index contributed by atoms with van der Waals surface area (Å²) in [5, 5.41) is 12.9. The molecule has 0 unspecified atom stereocenters. The summed E-state index contributed by atoms with van der Waals surface area (Å²) in [7, 11) is 0. The molecule has 80 valence electrons. The summed E-state index contributed by atoms with van der Waals surface area (Å²) in [6, 6.07) is 5.06. The topological polar surface area (TPSA) is 49.3 Å². The Balaban J connectivity index is 2.41. The summed E-state index contributed by atoms with van der Waals surface area (Å²) in [4.78, 5) is 11.0. The number of hydrogen-bond donors (Lipinski definition) is 2. The van der Waals surface area contributed by atoms with E-state index in [0.29, 0.717) is 10.6 Å². The molecule has 1 saturated heterocycles. The minimum atomic E-state index is -0.893. The van der Waals surface area contributed by atoms with E-state index in [-0.39, 0.29) is 6.04 Å². The van der Waals surface area contributed by atoms with Gasteiger partial charge in [0.1, 0.15) is 0 Å². The van der Waals surface area contributed by atoms with Gasteiger partial charge in [-0.15, -0.1) is 0 Å². The first kappa shape index (κ1) is 10.5. The van der Waals surface area contributed by atoms with Gasteiger partial charge >= 0.3 is 5.97 Å². The Kier molecular flexibility index (Phi) is 2.93. The fourth-order valence-electron chi connectivity index (χ4n) is 1.97. The molecule has 2 rings (SSSR count). The normalized spacial score (nSPS) is 20.5. The molecule has 2 N–H and O–H groups in total. The fourth-order valence-corrected chi connectivity index (χ4v) is 2.15. The lowest BCUT2D eigenvalue weighted by Gasteiger charge is -2.13. The molecule has 1 aliphatic rings. The third-order valence-corrected chi connectivity index (χ3v) is 2.91. The molecule has 0 amide bonds. The second-order valence-electron chi connectivity index (χ2n) is 3.69. The summed E-state index contributed by atoms with van der Waals surface area (Å²) in [6.45, 7) is 0.941. The zero-order chi connectivity index (χ0) is 10.8. The van der Waals surface area contributed by atoms with Gasteiger partial charge < -0.3 is 10.4 Å². The van der Waals surface area contributed by atoms with Gasteiger partial charge in [0, 0.05) is 11.1 Å². The summed E-state index contributed by atoms with van der Waals surface area (Å²) < 4.78 is 0. The zero-order valence-electron chi connectivity index (χ0n) is 8.16. The molecule has 15 heavy (non-hydrogen) atoms. The smallest absolute Gasteiger partial charge is 0.336 e. The summed E-state index contributed by atoms with van der Waals surface area (Å²) >= 11 is 5.88. The van der Waals surface area contributed by atoms with Crippen LogP contribution < -0.4 is 5.32 Å². The van der Waals surface area contributed by atoms with Crippen molar-refractivity contribution in [3.05, 3.63) is 34.3 Å². The summed E-state index contributed by atoms with van der Waals surface area (Å²) in [5.74, 6) is -0.893. The Labute approximate surface area is 93.1 Å². The zero-order valence-corrected chi connectivity index (χ0v) is 8.92. The second-order valence-corrected chi connectivity index (χ2v) is 4.12. The maximum atomic E-state index is 11.0. The minimum Gasteiger partial charge on any atom is -0.478 e. The predicted octanol–water partition coefficient (Wildman–Crippen LogP) is 2.46. The lowest BCUT2D eigenvalue weighted by atomic mass is 9.99. The van der Waals surface area contributed by atoms with E-state index in [4.69, 9.17) is 16.7 Å². The van der Waals surface area contributed by atoms with Crippen LogP contribution in [-0.2, 0) is 0 Å². The molecule has 0 radical (unpaired) electrons. The van der Waals surface area contributed by atoms with Crippen LogP contribution in [0.4, 0.5) is 0 Å². The molecule has 1 atom stereocenters. The lowest BCUT2D eigenvalue weighted by molar-refractivity contribution is 0.0695. The predicted molar refractivity (Wildman–Crippen MR) is 58.4 cm³/mol. The maximum Gasteiger partial charge on any atom is 0.336 e. The van der Waals surface area contributed by atoms with Crippen LogP contribution in [-0.4, -0.2) is 17.6 Å². The molecule has 0 spiro atoms. The Hall–Kier alpha value is -1.06. The minimum absolute atomic E-state index is 0.134. The van der Waals surface area contributed by atoms with Crippen LogP contribution in [0.2, 0.25) is 5.02 Å². The van der Waals surface area contributed by atoms with Crippen LogP contribution in [0, 0.1) is 0 Å². The number of aromatic carboxylic acids is 1. The first-order valence-corrected chi connectivity index (χ1v) is 5.32. The lowest BCUT2D eigenvalue weighted by Crippen LogP contribution is -2.16. The van der Waals surface area contributed by atoms with Crippen LogP contribution >= 0.6 is 11.6 Å². The standard InChI is InChI=1S/C11H12ClNO2/c12-7-3-4-8(11(14)15)9(6-7)10-2-1-5-13-10/h3-4,6,10,13H,1-2,5H2,(H,14,15)/t10-/m0/s1. The van der Waals surface area contributed by atoms with Crippen LogP contribution in [0.1, 0.15) is 34.8 Å². The SMILES string of the molecule is O=C(O)c1ccc(Cl)cc1[C@@H]1CCCN1. The molecule has 4 heteroatoms. The van der Waals surface area contributed by atoms with Gasteiger partial charge in [0.15, 0.2) is 0 Å². The number of carboxylic acid groups (broad SMARTS) is 1. The Morgan fingerprint density at radius 2 is 2.33 bits per heavy atom. The number of carbonyl (C=O) groups is 1. The highest BCUT2D eigenvalue weighted by molar-refractivity contribution is 6.30. The number of carboxylic acids is 1. The third kappa shape index (κ3) is 2.13. The molecular formula is C11H12ClNO2. The van der Waals surface area contributed by atoms with Crippen molar-refractivity contribution in [2.75, 3.05) is 6.54 Å². The van der Waals surface area contributed by atoms with Crippen molar-refractivity contribution in [2.24, 2.45) is 0 Å². The number of halogens is 1. The van der Waals surface area contributed by atoms with Crippen molar-refractivity contribution in [1.82, 2.24) is 5.32 Å². The van der Waals surface area contributed by atoms with E-state index in [9.17, 15) is 4.79 Å². The van der Waals surface area contributed by atoms with Crippen molar-refractivity contribution in [3.8, 4) is 0 Å². The number of nitrogens with one attached hydrogen (secondary N) is 1. The average molecular weight is 226 g/mol. The maximum absolute atomic E-state index is 11.0. The molecule has 1 aromatic rings. The molecular weight excluding hydrogens is 214 g/mol. The monoisotopic (exact) mass is 225 g/mol. The van der Waals surface area contributed by atoms with E-state index in [0.717, 1.165) is 24.9 Å². The summed E-state index contributed by atoms with van der Waals surface area (Å²) in [5.41, 5.74) is 1.14. The first-order chi connectivity index (χ1) is 7.18. The van der Waals surface area contributed by atoms with E-state index in [1.165, 1.54) is 0 Å². The van der Waals surface area contributed by atoms with E-state index in [2.05, 4.69) is 5.32 Å². The Morgan fingerprint density at radius 1 is 1.53 bits per heavy atom. The van der Waals surface area contributed by atoms with Gasteiger partial charge in [-0.25, -0.2) is 4.79 Å². The van der Waals surface area contributed by atoms with Crippen LogP contribution in [0.25, 0.3) is 0 Å². The van der Waals surface area contributed by atoms with Gasteiger partial charge in [0.25, 0.3) is 0 Å². The first-order valence-electron chi connectivity index (χ1n) is 4.94. The van der Waals surface area contributed by atoms with Crippen molar-refractivity contribution in [3.63, 3.8) is 0 Å². The number of rotatable bonds is 2. The molecule has 1 fully saturated rings. The van der Waals surface area contributed by atoms with Gasteiger partial charge in [-0.3, -0.25) is 0 Å². The highest BCUT2D eigenvalue weighted by atomic mass is 35.5. The van der Waals surface area contributed by atoms with Crippen molar-refractivity contribution in [2.45, 2.75) is 18.9 Å². The average Bonchev–Trinajstić information content (AvgIpc) is 2.69. The molecule has 1 aliphatic heterocycles. The molecule has 0 bridgehead atoms. The van der Waals surface area contributed by atoms with Crippen molar-refractivity contribution >= 4 is 17.6 Å². The third-order valence-electron chi connectivity index (χ3n) is 2.68. The van der Waals surface area contributed by atoms with E-state index in [1.54, 1.807) is 18.2 Å². The van der Waals surface area contributed by atoms with E-state index in [1.807, 2.05) is 0 Å². The molecule has 0 saturated carbocycles. The molecule has 1 aromatic carbocycles. The van der Waals surface area contributed by atoms with Gasteiger partial charge in [0.05, 0.1) is 5.56 Å². The van der Waals surface area contributed by atoms with Crippen LogP contribution in [0.3, 0.4) is 0 Å². The number of hydrogen-bond acceptors (Lipinski definition) is 2. The van der Waals surface area contributed by atoms with E-state index < -0.39 is 5.97 Å². The van der Waals surface area contributed by atoms with Crippen molar-refractivity contribution < 1.29 is 9.90 Å². The Bertz CT molecular complexity index is 386. The largest absolute Gasteiger partial charge is 0.478 e. The molecule has 0 aromatic heterocycles. The number of benzene rings is 1. The highest BCUT2D eigenvalue weighted by Gasteiger charge is 2.21. The summed E-state index contributed by atoms with van der Waals surface area (Å²) in [6.07, 6.45) is 2.05. The molecule has 1 heterocycles. The molecule has 3 nitrogen and oxygen atoms in total. The molecule has 0 aliphatic carbocycles. The van der Waals surface area contributed by atoms with Crippen LogP contribution in [0.15, 0.2) is 18.2 Å². The highest BCUT2D eigenvalue weighted by Crippen LogP contribution is 2.28. The fraction of sp³-hybridized carbons (Fsp3) is 0.364. The van der Waals surface area contributed by atoms with Gasteiger partial charge in [0.2, 0.25) is 0 Å². The quantitative estimate of drug-likeness (QED) is 0.813. The van der Waals surface area contributed by atoms with Gasteiger partial charge in [-0.2, -0.15) is 0 Å². The Morgan fingerprint density at radius 3 is 2.93 bits per heavy atom. The van der Waals surface area contributed by atoms with Gasteiger partial charge in [-0.05, 0) is 43.1 Å². The van der Waals surface area contributed by atoms with Gasteiger partial charge in [-0.1, -0.05) is 11.6 Å².